The summed E-state index contributed by atoms with van der Waals surface area (Å²) in [6.45, 7) is 2.19. The SMILES string of the molecule is CCc1ccc(-c2ccc3ccc(-c4ccc(-c5ccc6oc7ccccc7c6c5)nc4)cc3c2)cc1. The van der Waals surface area contributed by atoms with Gasteiger partial charge in [0.1, 0.15) is 11.2 Å². The minimum absolute atomic E-state index is 0.901. The molecule has 2 heteroatoms. The number of benzene rings is 5. The van der Waals surface area contributed by atoms with Gasteiger partial charge in [-0.15, -0.1) is 0 Å². The second kappa shape index (κ2) is 8.76. The van der Waals surface area contributed by atoms with Crippen LogP contribution in [0.25, 0.3) is 66.2 Å². The van der Waals surface area contributed by atoms with E-state index in [0.29, 0.717) is 0 Å². The summed E-state index contributed by atoms with van der Waals surface area (Å²) in [5.74, 6) is 0. The van der Waals surface area contributed by atoms with E-state index in [-0.39, 0.29) is 0 Å². The monoisotopic (exact) mass is 475 g/mol. The molecule has 176 valence electrons. The van der Waals surface area contributed by atoms with E-state index in [2.05, 4.69) is 97.9 Å². The van der Waals surface area contributed by atoms with Crippen LogP contribution in [0.1, 0.15) is 12.5 Å². The Bertz CT molecular complexity index is 1890. The molecule has 0 aliphatic rings. The van der Waals surface area contributed by atoms with Gasteiger partial charge in [-0.05, 0) is 81.9 Å². The van der Waals surface area contributed by atoms with Crippen LogP contribution < -0.4 is 0 Å². The van der Waals surface area contributed by atoms with E-state index >= 15 is 0 Å². The zero-order valence-electron chi connectivity index (χ0n) is 20.6. The largest absolute Gasteiger partial charge is 0.456 e. The minimum Gasteiger partial charge on any atom is -0.456 e. The van der Waals surface area contributed by atoms with Crippen LogP contribution in [0.5, 0.6) is 0 Å². The van der Waals surface area contributed by atoms with Crippen LogP contribution >= 0.6 is 0 Å². The normalized spacial score (nSPS) is 11.5. The molecule has 0 unspecified atom stereocenters. The quantitative estimate of drug-likeness (QED) is 0.253. The molecule has 0 aliphatic heterocycles. The summed E-state index contributed by atoms with van der Waals surface area (Å²) in [5.41, 5.74) is 9.98. The van der Waals surface area contributed by atoms with Crippen LogP contribution in [-0.4, -0.2) is 4.98 Å². The van der Waals surface area contributed by atoms with Crippen LogP contribution in [0, 0.1) is 0 Å². The van der Waals surface area contributed by atoms with Gasteiger partial charge in [0, 0.05) is 28.1 Å². The highest BCUT2D eigenvalue weighted by Crippen LogP contribution is 2.33. The predicted molar refractivity (Wildman–Crippen MR) is 155 cm³/mol. The Morgan fingerprint density at radius 1 is 0.541 bits per heavy atom. The topological polar surface area (TPSA) is 26.0 Å². The van der Waals surface area contributed by atoms with Crippen molar-refractivity contribution in [2.75, 3.05) is 0 Å². The molecule has 7 aromatic rings. The fourth-order valence-corrected chi connectivity index (χ4v) is 5.16. The Labute approximate surface area is 215 Å². The lowest BCUT2D eigenvalue weighted by Crippen LogP contribution is -1.86. The fraction of sp³-hybridized carbons (Fsp3) is 0.0571. The van der Waals surface area contributed by atoms with Crippen molar-refractivity contribution in [3.63, 3.8) is 0 Å². The van der Waals surface area contributed by atoms with E-state index in [9.17, 15) is 0 Å². The molecular formula is C35H25NO. The molecule has 5 aromatic carbocycles. The van der Waals surface area contributed by atoms with Gasteiger partial charge >= 0.3 is 0 Å². The van der Waals surface area contributed by atoms with Crippen molar-refractivity contribution < 1.29 is 4.42 Å². The number of nitrogens with zero attached hydrogens (tertiary/aromatic N) is 1. The van der Waals surface area contributed by atoms with Gasteiger partial charge in [0.05, 0.1) is 5.69 Å². The number of rotatable bonds is 4. The van der Waals surface area contributed by atoms with Crippen molar-refractivity contribution >= 4 is 32.7 Å². The molecule has 0 radical (unpaired) electrons. The van der Waals surface area contributed by atoms with E-state index in [1.54, 1.807) is 0 Å². The predicted octanol–water partition coefficient (Wildman–Crippen LogP) is 9.70. The van der Waals surface area contributed by atoms with Crippen molar-refractivity contribution in [1.29, 1.82) is 0 Å². The van der Waals surface area contributed by atoms with Crippen molar-refractivity contribution in [2.24, 2.45) is 0 Å². The molecule has 0 bridgehead atoms. The van der Waals surface area contributed by atoms with Gasteiger partial charge in [0.2, 0.25) is 0 Å². The van der Waals surface area contributed by atoms with Gasteiger partial charge in [-0.1, -0.05) is 79.7 Å². The lowest BCUT2D eigenvalue weighted by Gasteiger charge is -2.08. The summed E-state index contributed by atoms with van der Waals surface area (Å²) in [5, 5.41) is 4.72. The van der Waals surface area contributed by atoms with E-state index < -0.39 is 0 Å². The average molecular weight is 476 g/mol. The highest BCUT2D eigenvalue weighted by Gasteiger charge is 2.09. The Morgan fingerprint density at radius 3 is 1.97 bits per heavy atom. The van der Waals surface area contributed by atoms with Gasteiger partial charge < -0.3 is 4.42 Å². The number of aromatic nitrogens is 1. The molecule has 2 heterocycles. The average Bonchev–Trinajstić information content (AvgIpc) is 3.35. The van der Waals surface area contributed by atoms with Crippen LogP contribution in [0.4, 0.5) is 0 Å². The molecule has 0 amide bonds. The van der Waals surface area contributed by atoms with Crippen LogP contribution in [-0.2, 0) is 6.42 Å². The van der Waals surface area contributed by atoms with Crippen molar-refractivity contribution in [2.45, 2.75) is 13.3 Å². The molecule has 2 aromatic heterocycles. The minimum atomic E-state index is 0.901. The first-order valence-electron chi connectivity index (χ1n) is 12.8. The van der Waals surface area contributed by atoms with Gasteiger partial charge in [-0.3, -0.25) is 4.98 Å². The summed E-state index contributed by atoms with van der Waals surface area (Å²) >= 11 is 0. The van der Waals surface area contributed by atoms with Crippen molar-refractivity contribution in [3.05, 3.63) is 127 Å². The standard InChI is InChI=1S/C35H25NO/c1-2-23-7-9-24(10-8-23)26-13-11-25-12-14-27(20-30(25)19-26)29-15-17-33(36-22-29)28-16-18-35-32(21-28)31-5-3-4-6-34(31)37-35/h3-22H,2H2,1H3. The van der Waals surface area contributed by atoms with E-state index in [0.717, 1.165) is 45.2 Å². The van der Waals surface area contributed by atoms with E-state index in [1.165, 1.54) is 33.0 Å². The first kappa shape index (κ1) is 21.6. The first-order valence-corrected chi connectivity index (χ1v) is 12.8. The first-order chi connectivity index (χ1) is 18.2. The fourth-order valence-electron chi connectivity index (χ4n) is 5.16. The number of hydrogen-bond donors (Lipinski definition) is 0. The van der Waals surface area contributed by atoms with E-state index in [4.69, 9.17) is 9.40 Å². The third-order valence-corrected chi connectivity index (χ3v) is 7.31. The molecule has 0 fully saturated rings. The highest BCUT2D eigenvalue weighted by atomic mass is 16.3. The molecule has 0 aliphatic carbocycles. The number of para-hydroxylation sites is 1. The number of hydrogen-bond acceptors (Lipinski definition) is 2. The Kier molecular flexibility index (Phi) is 5.11. The summed E-state index contributed by atoms with van der Waals surface area (Å²) in [6, 6.07) is 40.9. The molecule has 0 saturated heterocycles. The molecule has 0 N–H and O–H groups in total. The molecule has 37 heavy (non-hydrogen) atoms. The maximum absolute atomic E-state index is 5.98. The summed E-state index contributed by atoms with van der Waals surface area (Å²) in [4.78, 5) is 4.83. The molecule has 7 rings (SSSR count). The van der Waals surface area contributed by atoms with Gasteiger partial charge in [-0.25, -0.2) is 0 Å². The number of fused-ring (bicyclic) bond motifs is 4. The smallest absolute Gasteiger partial charge is 0.135 e. The Hall–Kier alpha value is -4.69. The van der Waals surface area contributed by atoms with E-state index in [1.807, 2.05) is 30.5 Å². The maximum Gasteiger partial charge on any atom is 0.135 e. The Balaban J connectivity index is 1.22. The lowest BCUT2D eigenvalue weighted by atomic mass is 9.97. The molecule has 2 nitrogen and oxygen atoms in total. The molecule has 0 atom stereocenters. The van der Waals surface area contributed by atoms with Crippen molar-refractivity contribution in [1.82, 2.24) is 4.98 Å². The summed E-state index contributed by atoms with van der Waals surface area (Å²) in [7, 11) is 0. The second-order valence-corrected chi connectivity index (χ2v) is 9.57. The third kappa shape index (κ3) is 3.88. The number of pyridine rings is 1. The third-order valence-electron chi connectivity index (χ3n) is 7.31. The van der Waals surface area contributed by atoms with Crippen LogP contribution in [0.3, 0.4) is 0 Å². The highest BCUT2D eigenvalue weighted by molar-refractivity contribution is 6.06. The van der Waals surface area contributed by atoms with Gasteiger partial charge in [-0.2, -0.15) is 0 Å². The lowest BCUT2D eigenvalue weighted by molar-refractivity contribution is 0.669. The molecule has 0 spiro atoms. The second-order valence-electron chi connectivity index (χ2n) is 9.57. The van der Waals surface area contributed by atoms with Gasteiger partial charge in [0.15, 0.2) is 0 Å². The summed E-state index contributed by atoms with van der Waals surface area (Å²) < 4.78 is 5.98. The van der Waals surface area contributed by atoms with Gasteiger partial charge in [0.25, 0.3) is 0 Å². The zero-order valence-corrected chi connectivity index (χ0v) is 20.6. The number of furan rings is 1. The molecule has 0 saturated carbocycles. The summed E-state index contributed by atoms with van der Waals surface area (Å²) in [6.07, 6.45) is 3.03. The Morgan fingerprint density at radius 2 is 1.22 bits per heavy atom. The number of aryl methyl sites for hydroxylation is 1. The molecular weight excluding hydrogens is 450 g/mol. The zero-order chi connectivity index (χ0) is 24.8. The maximum atomic E-state index is 5.98. The van der Waals surface area contributed by atoms with Crippen LogP contribution in [0.2, 0.25) is 0 Å². The van der Waals surface area contributed by atoms with Crippen LogP contribution in [0.15, 0.2) is 126 Å². The van der Waals surface area contributed by atoms with Crippen molar-refractivity contribution in [3.8, 4) is 33.5 Å².